The lowest BCUT2D eigenvalue weighted by Gasteiger charge is -2.35. The van der Waals surface area contributed by atoms with E-state index in [9.17, 15) is 9.59 Å². The highest BCUT2D eigenvalue weighted by Gasteiger charge is 2.32. The maximum Gasteiger partial charge on any atom is 0.237 e. The quantitative estimate of drug-likeness (QED) is 0.787. The average molecular weight is 345 g/mol. The lowest BCUT2D eigenvalue weighted by Crippen LogP contribution is -2.56. The van der Waals surface area contributed by atoms with Crippen molar-refractivity contribution in [2.24, 2.45) is 0 Å². The molecule has 5 heteroatoms. The number of benzene rings is 1. The summed E-state index contributed by atoms with van der Waals surface area (Å²) in [6.07, 6.45) is 2.14. The van der Waals surface area contributed by atoms with Gasteiger partial charge in [-0.15, -0.1) is 0 Å². The first-order chi connectivity index (χ1) is 12.0. The monoisotopic (exact) mass is 345 g/mol. The number of nitrogens with zero attached hydrogens (tertiary/aromatic N) is 2. The van der Waals surface area contributed by atoms with E-state index in [-0.39, 0.29) is 24.3 Å². The Morgan fingerprint density at radius 2 is 1.84 bits per heavy atom. The van der Waals surface area contributed by atoms with Gasteiger partial charge in [0.1, 0.15) is 0 Å². The second kappa shape index (κ2) is 9.56. The van der Waals surface area contributed by atoms with Crippen LogP contribution in [0.2, 0.25) is 0 Å². The van der Waals surface area contributed by atoms with E-state index in [1.165, 1.54) is 11.1 Å². The zero-order valence-electron chi connectivity index (χ0n) is 15.8. The van der Waals surface area contributed by atoms with Crippen molar-refractivity contribution in [2.45, 2.75) is 52.6 Å². The van der Waals surface area contributed by atoms with Gasteiger partial charge in [0, 0.05) is 32.7 Å². The number of carbonyl (C=O) groups is 2. The second-order valence-electron chi connectivity index (χ2n) is 6.85. The van der Waals surface area contributed by atoms with Gasteiger partial charge in [0.05, 0.1) is 12.5 Å². The predicted molar refractivity (Wildman–Crippen MR) is 100 cm³/mol. The molecule has 1 N–H and O–H groups in total. The van der Waals surface area contributed by atoms with E-state index in [4.69, 9.17) is 0 Å². The predicted octanol–water partition coefficient (Wildman–Crippen LogP) is 2.33. The number of nitrogens with one attached hydrogen (secondary N) is 1. The van der Waals surface area contributed by atoms with Gasteiger partial charge in [-0.25, -0.2) is 0 Å². The molecule has 2 rings (SSSR count). The van der Waals surface area contributed by atoms with E-state index in [0.29, 0.717) is 13.1 Å². The van der Waals surface area contributed by atoms with Gasteiger partial charge in [0.25, 0.3) is 0 Å². The Kier molecular flexibility index (Phi) is 7.44. The van der Waals surface area contributed by atoms with Crippen LogP contribution in [-0.2, 0) is 16.1 Å². The molecule has 1 aliphatic rings. The summed E-state index contributed by atoms with van der Waals surface area (Å²) in [7, 11) is 0. The first kappa shape index (κ1) is 19.4. The standard InChI is InChI=1S/C20H31N3O2/c1-4-11-22(12-5-2)19(24)14-18-20(25)21-10-13-23(18)15-17-8-6-16(3)7-9-17/h6-9,18H,4-5,10-15H2,1-3H3,(H,21,25)/t18-/m0/s1. The number of piperazine rings is 1. The number of hydrogen-bond acceptors (Lipinski definition) is 3. The van der Waals surface area contributed by atoms with Crippen molar-refractivity contribution >= 4 is 11.8 Å². The van der Waals surface area contributed by atoms with Crippen LogP contribution in [0.1, 0.15) is 44.2 Å². The van der Waals surface area contributed by atoms with E-state index in [1.54, 1.807) is 0 Å². The van der Waals surface area contributed by atoms with E-state index in [0.717, 1.165) is 32.5 Å². The first-order valence-electron chi connectivity index (χ1n) is 9.40. The summed E-state index contributed by atoms with van der Waals surface area (Å²) >= 11 is 0. The Hall–Kier alpha value is -1.88. The van der Waals surface area contributed by atoms with Crippen LogP contribution in [0, 0.1) is 6.92 Å². The molecular formula is C20H31N3O2. The summed E-state index contributed by atoms with van der Waals surface area (Å²) in [5.41, 5.74) is 2.40. The maximum absolute atomic E-state index is 12.7. The molecule has 1 atom stereocenters. The van der Waals surface area contributed by atoms with Crippen LogP contribution in [0.5, 0.6) is 0 Å². The molecule has 1 aliphatic heterocycles. The third-order valence-electron chi connectivity index (χ3n) is 4.66. The van der Waals surface area contributed by atoms with Gasteiger partial charge >= 0.3 is 0 Å². The highest BCUT2D eigenvalue weighted by Crippen LogP contribution is 2.16. The van der Waals surface area contributed by atoms with Gasteiger partial charge in [-0.1, -0.05) is 43.7 Å². The topological polar surface area (TPSA) is 52.7 Å². The minimum atomic E-state index is -0.376. The average Bonchev–Trinajstić information content (AvgIpc) is 2.59. The largest absolute Gasteiger partial charge is 0.353 e. The fourth-order valence-electron chi connectivity index (χ4n) is 3.30. The summed E-state index contributed by atoms with van der Waals surface area (Å²) in [5, 5.41) is 2.91. The Morgan fingerprint density at radius 3 is 2.44 bits per heavy atom. The van der Waals surface area contributed by atoms with Crippen molar-refractivity contribution in [3.63, 3.8) is 0 Å². The molecule has 0 aromatic heterocycles. The van der Waals surface area contributed by atoms with Crippen molar-refractivity contribution in [3.05, 3.63) is 35.4 Å². The van der Waals surface area contributed by atoms with Crippen molar-refractivity contribution < 1.29 is 9.59 Å². The third kappa shape index (κ3) is 5.56. The van der Waals surface area contributed by atoms with Gasteiger partial charge in [0.2, 0.25) is 11.8 Å². The van der Waals surface area contributed by atoms with Crippen LogP contribution in [0.4, 0.5) is 0 Å². The maximum atomic E-state index is 12.7. The molecule has 138 valence electrons. The van der Waals surface area contributed by atoms with Crippen LogP contribution in [0.15, 0.2) is 24.3 Å². The summed E-state index contributed by atoms with van der Waals surface area (Å²) < 4.78 is 0. The number of hydrogen-bond donors (Lipinski definition) is 1. The van der Waals surface area contributed by atoms with Gasteiger partial charge < -0.3 is 10.2 Å². The normalized spacial score (nSPS) is 18.0. The molecular weight excluding hydrogens is 314 g/mol. The van der Waals surface area contributed by atoms with Crippen molar-refractivity contribution in [2.75, 3.05) is 26.2 Å². The van der Waals surface area contributed by atoms with Gasteiger partial charge in [0.15, 0.2) is 0 Å². The van der Waals surface area contributed by atoms with E-state index < -0.39 is 0 Å². The van der Waals surface area contributed by atoms with Gasteiger partial charge in [-0.3, -0.25) is 14.5 Å². The molecule has 5 nitrogen and oxygen atoms in total. The van der Waals surface area contributed by atoms with Gasteiger partial charge in [-0.2, -0.15) is 0 Å². The zero-order valence-corrected chi connectivity index (χ0v) is 15.8. The summed E-state index contributed by atoms with van der Waals surface area (Å²) in [5.74, 6) is 0.0549. The highest BCUT2D eigenvalue weighted by molar-refractivity contribution is 5.88. The van der Waals surface area contributed by atoms with E-state index in [1.807, 2.05) is 4.90 Å². The molecule has 0 spiro atoms. The lowest BCUT2D eigenvalue weighted by atomic mass is 10.1. The number of carbonyl (C=O) groups excluding carboxylic acids is 2. The Morgan fingerprint density at radius 1 is 1.20 bits per heavy atom. The summed E-state index contributed by atoms with van der Waals surface area (Å²) in [6.45, 7) is 9.86. The van der Waals surface area contributed by atoms with Crippen molar-refractivity contribution in [1.29, 1.82) is 0 Å². The van der Waals surface area contributed by atoms with Crippen LogP contribution in [-0.4, -0.2) is 53.8 Å². The number of amides is 2. The summed E-state index contributed by atoms with van der Waals surface area (Å²) in [4.78, 5) is 29.1. The molecule has 0 unspecified atom stereocenters. The lowest BCUT2D eigenvalue weighted by molar-refractivity contribution is -0.139. The molecule has 0 radical (unpaired) electrons. The molecule has 1 heterocycles. The minimum Gasteiger partial charge on any atom is -0.353 e. The molecule has 1 saturated heterocycles. The number of rotatable bonds is 8. The molecule has 25 heavy (non-hydrogen) atoms. The second-order valence-corrected chi connectivity index (χ2v) is 6.85. The fraction of sp³-hybridized carbons (Fsp3) is 0.600. The molecule has 1 fully saturated rings. The molecule has 0 saturated carbocycles. The van der Waals surface area contributed by atoms with E-state index >= 15 is 0 Å². The molecule has 1 aromatic carbocycles. The summed E-state index contributed by atoms with van der Waals surface area (Å²) in [6, 6.07) is 7.99. The fourth-order valence-corrected chi connectivity index (χ4v) is 3.30. The SMILES string of the molecule is CCCN(CCC)C(=O)C[C@H]1C(=O)NCCN1Cc1ccc(C)cc1. The van der Waals surface area contributed by atoms with Crippen molar-refractivity contribution in [3.8, 4) is 0 Å². The molecule has 2 amide bonds. The molecule has 0 bridgehead atoms. The zero-order chi connectivity index (χ0) is 18.2. The van der Waals surface area contributed by atoms with Crippen molar-refractivity contribution in [1.82, 2.24) is 15.1 Å². The molecule has 1 aromatic rings. The Bertz CT molecular complexity index is 565. The molecule has 0 aliphatic carbocycles. The van der Waals surface area contributed by atoms with Crippen LogP contribution in [0.3, 0.4) is 0 Å². The highest BCUT2D eigenvalue weighted by atomic mass is 16.2. The Labute approximate surface area is 151 Å². The van der Waals surface area contributed by atoms with Crippen LogP contribution >= 0.6 is 0 Å². The first-order valence-corrected chi connectivity index (χ1v) is 9.40. The smallest absolute Gasteiger partial charge is 0.237 e. The number of aryl methyl sites for hydroxylation is 1. The van der Waals surface area contributed by atoms with Crippen LogP contribution < -0.4 is 5.32 Å². The third-order valence-corrected chi connectivity index (χ3v) is 4.66. The van der Waals surface area contributed by atoms with Gasteiger partial charge in [-0.05, 0) is 25.3 Å². The van der Waals surface area contributed by atoms with Crippen LogP contribution in [0.25, 0.3) is 0 Å². The van der Waals surface area contributed by atoms with E-state index in [2.05, 4.69) is 55.3 Å². The Balaban J connectivity index is 2.06. The minimum absolute atomic E-state index is 0.0281.